The van der Waals surface area contributed by atoms with E-state index in [-0.39, 0.29) is 12.2 Å². The second kappa shape index (κ2) is 7.70. The minimum absolute atomic E-state index is 0.125. The zero-order valence-electron chi connectivity index (χ0n) is 14.9. The number of aromatic nitrogens is 2. The molecule has 0 saturated carbocycles. The quantitative estimate of drug-likeness (QED) is 0.646. The Balaban J connectivity index is 1.66. The smallest absolute Gasteiger partial charge is 0.347 e. The van der Waals surface area contributed by atoms with E-state index in [2.05, 4.69) is 4.98 Å². The average Bonchev–Trinajstić information content (AvgIpc) is 2.67. The predicted octanol–water partition coefficient (Wildman–Crippen LogP) is 2.39. The summed E-state index contributed by atoms with van der Waals surface area (Å²) in [5.74, 6) is -0.123. The molecule has 0 aliphatic rings. The Kier molecular flexibility index (Phi) is 5.18. The molecule has 0 aliphatic heterocycles. The molecule has 27 heavy (non-hydrogen) atoms. The van der Waals surface area contributed by atoms with E-state index in [1.54, 1.807) is 43.5 Å². The molecule has 2 heterocycles. The summed E-state index contributed by atoms with van der Waals surface area (Å²) in [6.45, 7) is 3.29. The first-order valence-corrected chi connectivity index (χ1v) is 8.29. The van der Waals surface area contributed by atoms with Crippen molar-refractivity contribution < 1.29 is 14.3 Å². The number of esters is 1. The van der Waals surface area contributed by atoms with E-state index in [0.717, 1.165) is 5.56 Å². The number of rotatable bonds is 5. The average molecular weight is 363 g/mol. The summed E-state index contributed by atoms with van der Waals surface area (Å²) >= 11 is 0. The number of nitrogens with zero attached hydrogens (tertiary/aromatic N) is 3. The van der Waals surface area contributed by atoms with Crippen molar-refractivity contribution >= 4 is 11.6 Å². The van der Waals surface area contributed by atoms with Gasteiger partial charge in [0.2, 0.25) is 0 Å². The molecule has 7 heteroatoms. The van der Waals surface area contributed by atoms with E-state index in [0.29, 0.717) is 22.7 Å². The number of pyridine rings is 1. The van der Waals surface area contributed by atoms with Gasteiger partial charge >= 0.3 is 5.97 Å². The Morgan fingerprint density at radius 3 is 2.74 bits per heavy atom. The molecule has 0 saturated heterocycles. The summed E-state index contributed by atoms with van der Waals surface area (Å²) in [6.07, 6.45) is 0.794. The van der Waals surface area contributed by atoms with Crippen molar-refractivity contribution in [3.8, 4) is 11.8 Å². The zero-order chi connectivity index (χ0) is 19.4. The molecule has 0 fully saturated rings. The SMILES string of the molecule is Cc1cccn2c(=O)cc(COC(=O)[C@@H](C)Oc3ccc(C#N)cc3)nc12. The fraction of sp³-hybridized carbons (Fsp3) is 0.200. The van der Waals surface area contributed by atoms with Crippen LogP contribution in [-0.2, 0) is 16.1 Å². The van der Waals surface area contributed by atoms with E-state index in [1.807, 2.05) is 19.1 Å². The van der Waals surface area contributed by atoms with Crippen molar-refractivity contribution in [2.45, 2.75) is 26.6 Å². The minimum Gasteiger partial charge on any atom is -0.479 e. The van der Waals surface area contributed by atoms with Gasteiger partial charge in [-0.2, -0.15) is 5.26 Å². The highest BCUT2D eigenvalue weighted by atomic mass is 16.6. The molecule has 0 bridgehead atoms. The number of ether oxygens (including phenoxy) is 2. The summed E-state index contributed by atoms with van der Waals surface area (Å²) in [6, 6.07) is 13.4. The molecule has 3 rings (SSSR count). The number of hydrogen-bond donors (Lipinski definition) is 0. The standard InChI is InChI=1S/C20H17N3O4/c1-13-4-3-9-23-18(24)10-16(22-19(13)23)12-26-20(25)14(2)27-17-7-5-15(11-21)6-8-17/h3-10,14H,12H2,1-2H3/t14-/m1/s1. The number of nitriles is 1. The van der Waals surface area contributed by atoms with Crippen molar-refractivity contribution in [3.63, 3.8) is 0 Å². The highest BCUT2D eigenvalue weighted by molar-refractivity contribution is 5.74. The molecular formula is C20H17N3O4. The fourth-order valence-electron chi connectivity index (χ4n) is 2.51. The van der Waals surface area contributed by atoms with Gasteiger partial charge in [-0.05, 0) is 49.7 Å². The molecule has 3 aromatic rings. The minimum atomic E-state index is -0.846. The van der Waals surface area contributed by atoms with E-state index in [9.17, 15) is 9.59 Å². The van der Waals surface area contributed by atoms with Gasteiger partial charge < -0.3 is 9.47 Å². The van der Waals surface area contributed by atoms with Gasteiger partial charge in [0.25, 0.3) is 5.56 Å². The third-order valence-corrected chi connectivity index (χ3v) is 3.93. The van der Waals surface area contributed by atoms with Gasteiger partial charge in [0.1, 0.15) is 18.0 Å². The Bertz CT molecular complexity index is 1080. The van der Waals surface area contributed by atoms with Crippen LogP contribution >= 0.6 is 0 Å². The van der Waals surface area contributed by atoms with Crippen molar-refractivity contribution in [2.24, 2.45) is 0 Å². The fourth-order valence-corrected chi connectivity index (χ4v) is 2.51. The maximum absolute atomic E-state index is 12.2. The normalized spacial score (nSPS) is 11.6. The van der Waals surface area contributed by atoms with Crippen LogP contribution in [0.5, 0.6) is 5.75 Å². The molecule has 0 radical (unpaired) electrons. The number of aryl methyl sites for hydroxylation is 1. The van der Waals surface area contributed by atoms with Crippen LogP contribution in [0.4, 0.5) is 0 Å². The summed E-state index contributed by atoms with van der Waals surface area (Å²) < 4.78 is 12.2. The summed E-state index contributed by atoms with van der Waals surface area (Å²) in [7, 11) is 0. The van der Waals surface area contributed by atoms with Crippen LogP contribution in [0, 0.1) is 18.3 Å². The first-order valence-electron chi connectivity index (χ1n) is 8.29. The van der Waals surface area contributed by atoms with Gasteiger partial charge in [-0.25, -0.2) is 9.78 Å². The van der Waals surface area contributed by atoms with Gasteiger partial charge in [0.05, 0.1) is 17.3 Å². The van der Waals surface area contributed by atoms with Crippen LogP contribution in [0.15, 0.2) is 53.5 Å². The number of carbonyl (C=O) groups excluding carboxylic acids is 1. The Hall–Kier alpha value is -3.66. The molecule has 0 amide bonds. The molecule has 0 aliphatic carbocycles. The number of fused-ring (bicyclic) bond motifs is 1. The molecular weight excluding hydrogens is 346 g/mol. The predicted molar refractivity (Wildman–Crippen MR) is 97.2 cm³/mol. The van der Waals surface area contributed by atoms with Gasteiger partial charge in [-0.1, -0.05) is 6.07 Å². The van der Waals surface area contributed by atoms with Crippen molar-refractivity contribution in [1.29, 1.82) is 5.26 Å². The Morgan fingerprint density at radius 1 is 1.30 bits per heavy atom. The van der Waals surface area contributed by atoms with Crippen LogP contribution in [0.3, 0.4) is 0 Å². The highest BCUT2D eigenvalue weighted by Crippen LogP contribution is 2.14. The van der Waals surface area contributed by atoms with Gasteiger partial charge in [-0.3, -0.25) is 9.20 Å². The monoisotopic (exact) mass is 363 g/mol. The molecule has 0 N–H and O–H groups in total. The molecule has 0 unspecified atom stereocenters. The lowest BCUT2D eigenvalue weighted by molar-refractivity contribution is -0.152. The molecule has 7 nitrogen and oxygen atoms in total. The van der Waals surface area contributed by atoms with Crippen LogP contribution in [0.2, 0.25) is 0 Å². The van der Waals surface area contributed by atoms with E-state index >= 15 is 0 Å². The Labute approximate surface area is 155 Å². The van der Waals surface area contributed by atoms with E-state index < -0.39 is 12.1 Å². The van der Waals surface area contributed by atoms with E-state index in [4.69, 9.17) is 14.7 Å². The lowest BCUT2D eigenvalue weighted by atomic mass is 10.2. The molecule has 2 aromatic heterocycles. The maximum atomic E-state index is 12.2. The van der Waals surface area contributed by atoms with Gasteiger partial charge in [0.15, 0.2) is 6.10 Å². The number of carbonyl (C=O) groups is 1. The topological polar surface area (TPSA) is 93.7 Å². The first-order chi connectivity index (χ1) is 13.0. The Morgan fingerprint density at radius 2 is 2.04 bits per heavy atom. The lowest BCUT2D eigenvalue weighted by Crippen LogP contribution is -2.26. The summed E-state index contributed by atoms with van der Waals surface area (Å²) in [5, 5.41) is 8.78. The van der Waals surface area contributed by atoms with Crippen LogP contribution in [0.25, 0.3) is 5.65 Å². The second-order valence-corrected chi connectivity index (χ2v) is 5.97. The maximum Gasteiger partial charge on any atom is 0.347 e. The number of hydrogen-bond acceptors (Lipinski definition) is 6. The first kappa shape index (κ1) is 18.1. The number of benzene rings is 1. The highest BCUT2D eigenvalue weighted by Gasteiger charge is 2.17. The van der Waals surface area contributed by atoms with Crippen molar-refractivity contribution in [2.75, 3.05) is 0 Å². The van der Waals surface area contributed by atoms with E-state index in [1.165, 1.54) is 10.5 Å². The molecule has 1 aromatic carbocycles. The van der Waals surface area contributed by atoms with Gasteiger partial charge in [-0.15, -0.1) is 0 Å². The molecule has 1 atom stereocenters. The zero-order valence-corrected chi connectivity index (χ0v) is 14.9. The van der Waals surface area contributed by atoms with Crippen LogP contribution < -0.4 is 10.3 Å². The largest absolute Gasteiger partial charge is 0.479 e. The molecule has 0 spiro atoms. The second-order valence-electron chi connectivity index (χ2n) is 5.97. The summed E-state index contributed by atoms with van der Waals surface area (Å²) in [4.78, 5) is 28.7. The third kappa shape index (κ3) is 4.12. The third-order valence-electron chi connectivity index (χ3n) is 3.93. The summed E-state index contributed by atoms with van der Waals surface area (Å²) in [5.41, 5.74) is 2.00. The lowest BCUT2D eigenvalue weighted by Gasteiger charge is -2.14. The molecule has 136 valence electrons. The van der Waals surface area contributed by atoms with Crippen molar-refractivity contribution in [3.05, 3.63) is 75.8 Å². The van der Waals surface area contributed by atoms with Gasteiger partial charge in [0, 0.05) is 12.3 Å². The van der Waals surface area contributed by atoms with Crippen LogP contribution in [-0.4, -0.2) is 21.5 Å². The van der Waals surface area contributed by atoms with Crippen molar-refractivity contribution in [1.82, 2.24) is 9.38 Å². The van der Waals surface area contributed by atoms with Crippen LogP contribution in [0.1, 0.15) is 23.7 Å².